The van der Waals surface area contributed by atoms with E-state index < -0.39 is 29.7 Å². The maximum absolute atomic E-state index is 13.3. The summed E-state index contributed by atoms with van der Waals surface area (Å²) in [7, 11) is 1.84. The van der Waals surface area contributed by atoms with Crippen LogP contribution in [0.1, 0.15) is 87.4 Å². The Morgan fingerprint density at radius 1 is 0.790 bits per heavy atom. The largest absolute Gasteiger partial charge is 0.371 e. The first-order chi connectivity index (χ1) is 30.0. The Morgan fingerprint density at radius 3 is 2.23 bits per heavy atom. The van der Waals surface area contributed by atoms with E-state index in [0.29, 0.717) is 41.5 Å². The maximum Gasteiger partial charge on any atom is 0.320 e. The molecule has 3 N–H and O–H groups in total. The van der Waals surface area contributed by atoms with Gasteiger partial charge in [-0.2, -0.15) is 0 Å². The van der Waals surface area contributed by atoms with Crippen LogP contribution in [0.25, 0.3) is 0 Å². The van der Waals surface area contributed by atoms with E-state index in [0.717, 1.165) is 114 Å². The van der Waals surface area contributed by atoms with E-state index in [-0.39, 0.29) is 36.5 Å². The van der Waals surface area contributed by atoms with Gasteiger partial charge >= 0.3 is 6.03 Å². The van der Waals surface area contributed by atoms with Crippen molar-refractivity contribution in [2.24, 2.45) is 11.7 Å². The summed E-state index contributed by atoms with van der Waals surface area (Å²) in [6.07, 6.45) is 7.41. The number of urea groups is 1. The molecule has 1 aromatic heterocycles. The van der Waals surface area contributed by atoms with Gasteiger partial charge in [-0.15, -0.1) is 0 Å². The van der Waals surface area contributed by atoms with E-state index in [4.69, 9.17) is 10.7 Å². The highest BCUT2D eigenvalue weighted by Crippen LogP contribution is 2.33. The van der Waals surface area contributed by atoms with Gasteiger partial charge in [-0.1, -0.05) is 12.1 Å². The first-order valence-electron chi connectivity index (χ1n) is 22.1. The highest BCUT2D eigenvalue weighted by atomic mass is 16.2. The average molecular weight is 846 g/mol. The third kappa shape index (κ3) is 8.29. The minimum absolute atomic E-state index is 0.0731. The molecule has 6 aliphatic rings. The number of nitrogens with zero attached hydrogens (tertiary/aromatic N) is 9. The highest BCUT2D eigenvalue weighted by molar-refractivity contribution is 6.23. The second-order valence-electron chi connectivity index (χ2n) is 17.6. The molecule has 2 aromatic carbocycles. The maximum atomic E-state index is 13.3. The van der Waals surface area contributed by atoms with Crippen LogP contribution in [-0.4, -0.2) is 156 Å². The van der Waals surface area contributed by atoms with E-state index in [1.54, 1.807) is 23.2 Å². The number of nitrogens with one attached hydrogen (secondary N) is 1. The number of anilines is 3. The van der Waals surface area contributed by atoms with Crippen LogP contribution in [0, 0.1) is 5.92 Å². The molecule has 7 amide bonds. The molecule has 6 aliphatic heterocycles. The van der Waals surface area contributed by atoms with Crippen LogP contribution < -0.4 is 25.8 Å². The molecule has 3 aromatic rings. The van der Waals surface area contributed by atoms with Gasteiger partial charge in [0, 0.05) is 96.7 Å². The summed E-state index contributed by atoms with van der Waals surface area (Å²) in [4.78, 5) is 99.2. The molecule has 62 heavy (non-hydrogen) atoms. The number of fused-ring (bicyclic) bond motifs is 1. The zero-order chi connectivity index (χ0) is 43.1. The van der Waals surface area contributed by atoms with Crippen LogP contribution in [0.15, 0.2) is 48.7 Å². The van der Waals surface area contributed by atoms with Gasteiger partial charge in [0.2, 0.25) is 11.8 Å². The van der Waals surface area contributed by atoms with Crippen molar-refractivity contribution in [2.45, 2.75) is 63.5 Å². The normalized spacial score (nSPS) is 22.8. The van der Waals surface area contributed by atoms with Crippen molar-refractivity contribution in [3.05, 3.63) is 76.7 Å². The number of nitrogens with two attached hydrogens (primary N) is 1. The van der Waals surface area contributed by atoms with Crippen LogP contribution in [0.4, 0.5) is 22.0 Å². The van der Waals surface area contributed by atoms with Crippen LogP contribution in [0.3, 0.4) is 0 Å². The number of likely N-dealkylation sites (N-methyl/N-ethyl adjacent to an activating group) is 1. The number of rotatable bonds is 11. The van der Waals surface area contributed by atoms with Gasteiger partial charge in [-0.05, 0) is 86.9 Å². The molecule has 326 valence electrons. The van der Waals surface area contributed by atoms with Gasteiger partial charge in [-0.3, -0.25) is 39.1 Å². The van der Waals surface area contributed by atoms with Crippen LogP contribution in [0.2, 0.25) is 0 Å². The van der Waals surface area contributed by atoms with Gasteiger partial charge in [0.15, 0.2) is 0 Å². The lowest BCUT2D eigenvalue weighted by Gasteiger charge is -2.38. The molecule has 5 saturated heterocycles. The summed E-state index contributed by atoms with van der Waals surface area (Å²) in [6.45, 7) is 9.60. The summed E-state index contributed by atoms with van der Waals surface area (Å²) in [5.74, 6) is -1.24. The Kier molecular flexibility index (Phi) is 11.5. The second kappa shape index (κ2) is 17.3. The summed E-state index contributed by atoms with van der Waals surface area (Å²) in [5.41, 5.74) is 10.2. The third-order valence-corrected chi connectivity index (χ3v) is 13.8. The molecule has 7 heterocycles. The van der Waals surface area contributed by atoms with Crippen molar-refractivity contribution in [3.8, 4) is 0 Å². The molecule has 0 spiro atoms. The fourth-order valence-electron chi connectivity index (χ4n) is 10.1. The fraction of sp³-hybridized carbons (Fsp3) is 0.511. The van der Waals surface area contributed by atoms with Gasteiger partial charge in [0.25, 0.3) is 17.7 Å². The number of piperidine rings is 3. The molecular weight excluding hydrogens is 791 g/mol. The number of piperazine rings is 1. The number of amides is 7. The number of primary amides is 1. The summed E-state index contributed by atoms with van der Waals surface area (Å²) >= 11 is 0. The lowest BCUT2D eigenvalue weighted by molar-refractivity contribution is -0.136. The Labute approximate surface area is 361 Å². The van der Waals surface area contributed by atoms with Gasteiger partial charge in [0.1, 0.15) is 17.6 Å². The monoisotopic (exact) mass is 845 g/mol. The Hall–Kier alpha value is -6.10. The smallest absolute Gasteiger partial charge is 0.320 e. The Morgan fingerprint density at radius 2 is 1.52 bits per heavy atom. The van der Waals surface area contributed by atoms with Crippen molar-refractivity contribution in [2.75, 3.05) is 93.7 Å². The number of benzene rings is 2. The van der Waals surface area contributed by atoms with Crippen molar-refractivity contribution in [1.82, 2.24) is 34.9 Å². The van der Waals surface area contributed by atoms with Crippen LogP contribution in [-0.2, 0) is 16.0 Å². The summed E-state index contributed by atoms with van der Waals surface area (Å²) in [6, 6.07) is 13.1. The first kappa shape index (κ1) is 41.3. The zero-order valence-electron chi connectivity index (χ0n) is 35.3. The minimum Gasteiger partial charge on any atom is -0.371 e. The summed E-state index contributed by atoms with van der Waals surface area (Å²) < 4.78 is 0. The van der Waals surface area contributed by atoms with E-state index in [9.17, 15) is 28.8 Å². The van der Waals surface area contributed by atoms with Crippen LogP contribution in [0.5, 0.6) is 0 Å². The Bertz CT molecular complexity index is 2250. The average Bonchev–Trinajstić information content (AvgIpc) is 3.75. The Balaban J connectivity index is 0.734. The molecular formula is C45H55N11O6. The predicted molar refractivity (Wildman–Crippen MR) is 231 cm³/mol. The third-order valence-electron chi connectivity index (χ3n) is 13.8. The molecule has 2 atom stereocenters. The SMILES string of the molecule is CN1CCN([C@@H]2CCCN(c3cnc(C(N)=O)c(Cc4ccc(N5CCN(CCC6CCN(c7ccc8c(c7)C(=O)N(C7CCC(=O)NC7=O)C8=O)CC6)CC5)cc4)n3)C2)C1=O. The molecule has 9 rings (SSSR count). The number of imide groups is 2. The van der Waals surface area contributed by atoms with Crippen molar-refractivity contribution in [1.29, 1.82) is 0 Å². The van der Waals surface area contributed by atoms with Crippen molar-refractivity contribution in [3.63, 3.8) is 0 Å². The highest BCUT2D eigenvalue weighted by Gasteiger charge is 2.45. The minimum atomic E-state index is -0.968. The number of carbonyl (C=O) groups excluding carboxylic acids is 6. The van der Waals surface area contributed by atoms with Gasteiger partial charge in [-0.25, -0.2) is 14.8 Å². The van der Waals surface area contributed by atoms with E-state index >= 15 is 0 Å². The fourth-order valence-corrected chi connectivity index (χ4v) is 10.1. The molecule has 1 unspecified atom stereocenters. The van der Waals surface area contributed by atoms with E-state index in [1.165, 1.54) is 5.69 Å². The first-order valence-corrected chi connectivity index (χ1v) is 22.1. The molecule has 0 radical (unpaired) electrons. The molecule has 0 saturated carbocycles. The number of carbonyl (C=O) groups is 6. The molecule has 0 aliphatic carbocycles. The van der Waals surface area contributed by atoms with Crippen molar-refractivity contribution < 1.29 is 28.8 Å². The quantitative estimate of drug-likeness (QED) is 0.269. The molecule has 0 bridgehead atoms. The molecule has 17 heteroatoms. The summed E-state index contributed by atoms with van der Waals surface area (Å²) in [5, 5.41) is 2.25. The van der Waals surface area contributed by atoms with E-state index in [2.05, 4.69) is 54.2 Å². The topological polar surface area (TPSA) is 189 Å². The lowest BCUT2D eigenvalue weighted by atomic mass is 9.92. The zero-order valence-corrected chi connectivity index (χ0v) is 35.3. The van der Waals surface area contributed by atoms with Crippen LogP contribution >= 0.6 is 0 Å². The van der Waals surface area contributed by atoms with E-state index in [1.807, 2.05) is 18.0 Å². The molecule has 17 nitrogen and oxygen atoms in total. The lowest BCUT2D eigenvalue weighted by Crippen LogP contribution is -2.54. The number of hydrogen-bond donors (Lipinski definition) is 2. The predicted octanol–water partition coefficient (Wildman–Crippen LogP) is 2.33. The van der Waals surface area contributed by atoms with Crippen molar-refractivity contribution >= 4 is 52.8 Å². The molecule has 5 fully saturated rings. The standard InChI is InChI=1S/C45H55N11O6/c1-50-19-24-55(45(50)62)33-3-2-15-54(28-33)38-27-47-40(41(46)58)36(48-38)25-30-4-6-31(7-5-30)53-22-20-51(21-23-53)16-12-29-13-17-52(18-14-29)32-8-9-34-35(26-32)44(61)56(43(34)60)37-10-11-39(57)49-42(37)59/h4-9,26-27,29,33,37H,2-3,10-25,28H2,1H3,(H2,46,58)(H,49,57,59)/t33-,37?/m1/s1. The van der Waals surface area contributed by atoms with Gasteiger partial charge in [0.05, 0.1) is 29.1 Å². The number of aromatic nitrogens is 2. The van der Waals surface area contributed by atoms with Gasteiger partial charge < -0.3 is 30.2 Å². The second-order valence-corrected chi connectivity index (χ2v) is 17.6. The number of hydrogen-bond acceptors (Lipinski definition) is 12.